The minimum Gasteiger partial charge on any atom is -0.497 e. The molecule has 10 nitrogen and oxygen atoms in total. The standard InChI is InChI=1S/C20H14ClN7O3/c1-30-13-8-6-12(7-9-13)28-19-17(24-26-28)20(29)27(11-22-19)10-16-23-18(25-31-16)14-4-2-3-5-15(14)21/h2-9,11H,10H2,1H3. The van der Waals surface area contributed by atoms with Gasteiger partial charge in [0.15, 0.2) is 11.2 Å². The number of nitrogens with zero attached hydrogens (tertiary/aromatic N) is 7. The number of ether oxygens (including phenoxy) is 1. The molecule has 0 fully saturated rings. The fraction of sp³-hybridized carbons (Fsp3) is 0.100. The van der Waals surface area contributed by atoms with Crippen LogP contribution in [0.5, 0.6) is 5.75 Å². The molecule has 0 saturated carbocycles. The van der Waals surface area contributed by atoms with Gasteiger partial charge in [0.2, 0.25) is 11.7 Å². The van der Waals surface area contributed by atoms with Gasteiger partial charge in [-0.2, -0.15) is 9.67 Å². The number of hydrogen-bond donors (Lipinski definition) is 0. The predicted octanol–water partition coefficient (Wildman–Crippen LogP) is 2.74. The molecule has 0 radical (unpaired) electrons. The number of halogens is 1. The molecule has 0 aliphatic heterocycles. The van der Waals surface area contributed by atoms with Crippen LogP contribution >= 0.6 is 11.6 Å². The molecule has 0 atom stereocenters. The van der Waals surface area contributed by atoms with Crippen LogP contribution in [0.4, 0.5) is 0 Å². The molecule has 31 heavy (non-hydrogen) atoms. The third kappa shape index (κ3) is 3.42. The van der Waals surface area contributed by atoms with Crippen LogP contribution in [0.3, 0.4) is 0 Å². The Hall–Kier alpha value is -4.05. The van der Waals surface area contributed by atoms with Gasteiger partial charge in [0, 0.05) is 5.56 Å². The van der Waals surface area contributed by atoms with E-state index in [2.05, 4.69) is 25.4 Å². The summed E-state index contributed by atoms with van der Waals surface area (Å²) in [5.41, 5.74) is 1.44. The van der Waals surface area contributed by atoms with Gasteiger partial charge in [0.25, 0.3) is 5.56 Å². The summed E-state index contributed by atoms with van der Waals surface area (Å²) in [5, 5.41) is 12.5. The van der Waals surface area contributed by atoms with Gasteiger partial charge in [-0.15, -0.1) is 5.10 Å². The minimum atomic E-state index is -0.373. The van der Waals surface area contributed by atoms with E-state index in [1.807, 2.05) is 12.1 Å². The highest BCUT2D eigenvalue weighted by Crippen LogP contribution is 2.25. The van der Waals surface area contributed by atoms with Gasteiger partial charge in [-0.3, -0.25) is 9.36 Å². The molecule has 0 saturated heterocycles. The van der Waals surface area contributed by atoms with Gasteiger partial charge in [-0.25, -0.2) is 4.98 Å². The van der Waals surface area contributed by atoms with Gasteiger partial charge in [0.1, 0.15) is 18.6 Å². The van der Waals surface area contributed by atoms with E-state index in [1.54, 1.807) is 43.5 Å². The van der Waals surface area contributed by atoms with Crippen molar-refractivity contribution in [1.29, 1.82) is 0 Å². The monoisotopic (exact) mass is 435 g/mol. The second-order valence-corrected chi connectivity index (χ2v) is 6.95. The number of rotatable bonds is 5. The number of aromatic nitrogens is 7. The molecule has 0 spiro atoms. The SMILES string of the molecule is COc1ccc(-n2nnc3c(=O)n(Cc4nc(-c5ccccc5Cl)no4)cnc32)cc1. The molecule has 154 valence electrons. The van der Waals surface area contributed by atoms with E-state index in [-0.39, 0.29) is 23.5 Å². The van der Waals surface area contributed by atoms with Gasteiger partial charge >= 0.3 is 0 Å². The van der Waals surface area contributed by atoms with Gasteiger partial charge < -0.3 is 9.26 Å². The van der Waals surface area contributed by atoms with E-state index in [0.29, 0.717) is 33.5 Å². The van der Waals surface area contributed by atoms with Gasteiger partial charge in [-0.1, -0.05) is 34.1 Å². The summed E-state index contributed by atoms with van der Waals surface area (Å²) in [5.74, 6) is 1.29. The first kappa shape index (κ1) is 18.9. The van der Waals surface area contributed by atoms with Crippen molar-refractivity contribution in [3.05, 3.63) is 76.1 Å². The highest BCUT2D eigenvalue weighted by atomic mass is 35.5. The van der Waals surface area contributed by atoms with E-state index in [1.165, 1.54) is 15.6 Å². The maximum atomic E-state index is 12.9. The lowest BCUT2D eigenvalue weighted by Gasteiger charge is -2.04. The third-order valence-corrected chi connectivity index (χ3v) is 4.96. The summed E-state index contributed by atoms with van der Waals surface area (Å²) >= 11 is 6.18. The molecule has 3 aromatic heterocycles. The first-order valence-corrected chi connectivity index (χ1v) is 9.54. The van der Waals surface area contributed by atoms with Crippen molar-refractivity contribution in [2.24, 2.45) is 0 Å². The molecule has 0 aliphatic carbocycles. The van der Waals surface area contributed by atoms with Crippen LogP contribution in [0, 0.1) is 0 Å². The summed E-state index contributed by atoms with van der Waals surface area (Å²) in [7, 11) is 1.59. The first-order chi connectivity index (χ1) is 15.1. The Morgan fingerprint density at radius 2 is 1.94 bits per heavy atom. The van der Waals surface area contributed by atoms with Crippen LogP contribution < -0.4 is 10.3 Å². The Morgan fingerprint density at radius 1 is 1.13 bits per heavy atom. The number of methoxy groups -OCH3 is 1. The van der Waals surface area contributed by atoms with Crippen LogP contribution in [0.25, 0.3) is 28.2 Å². The molecule has 0 N–H and O–H groups in total. The number of hydrogen-bond acceptors (Lipinski definition) is 8. The van der Waals surface area contributed by atoms with Crippen LogP contribution in [0.2, 0.25) is 5.02 Å². The Bertz CT molecular complexity index is 1440. The molecule has 0 unspecified atom stereocenters. The van der Waals surface area contributed by atoms with Crippen LogP contribution in [0.1, 0.15) is 5.89 Å². The van der Waals surface area contributed by atoms with Crippen LogP contribution in [-0.4, -0.2) is 41.8 Å². The van der Waals surface area contributed by atoms with Gasteiger partial charge in [-0.05, 0) is 36.4 Å². The topological polar surface area (TPSA) is 114 Å². The minimum absolute atomic E-state index is 0.0363. The lowest BCUT2D eigenvalue weighted by Crippen LogP contribution is -2.21. The molecule has 5 aromatic rings. The first-order valence-electron chi connectivity index (χ1n) is 9.17. The van der Waals surface area contributed by atoms with Crippen molar-refractivity contribution < 1.29 is 9.26 Å². The van der Waals surface area contributed by atoms with Crippen molar-refractivity contribution in [2.75, 3.05) is 7.11 Å². The summed E-state index contributed by atoms with van der Waals surface area (Å²) < 4.78 is 13.3. The van der Waals surface area contributed by atoms with Crippen molar-refractivity contribution in [2.45, 2.75) is 6.54 Å². The lowest BCUT2D eigenvalue weighted by atomic mass is 10.2. The highest BCUT2D eigenvalue weighted by molar-refractivity contribution is 6.33. The molecule has 5 rings (SSSR count). The fourth-order valence-corrected chi connectivity index (χ4v) is 3.29. The maximum Gasteiger partial charge on any atom is 0.284 e. The summed E-state index contributed by atoms with van der Waals surface area (Å²) in [6.45, 7) is 0.0363. The van der Waals surface area contributed by atoms with E-state index in [4.69, 9.17) is 20.9 Å². The van der Waals surface area contributed by atoms with Crippen LogP contribution in [0.15, 0.2) is 64.2 Å². The number of benzene rings is 2. The molecule has 2 aromatic carbocycles. The van der Waals surface area contributed by atoms with E-state index in [9.17, 15) is 4.79 Å². The van der Waals surface area contributed by atoms with Gasteiger partial charge in [0.05, 0.1) is 17.8 Å². The molecule has 0 aliphatic rings. The quantitative estimate of drug-likeness (QED) is 0.414. The van der Waals surface area contributed by atoms with Crippen LogP contribution in [-0.2, 0) is 6.54 Å². The molecular formula is C20H14ClN7O3. The van der Waals surface area contributed by atoms with Crippen molar-refractivity contribution in [3.63, 3.8) is 0 Å². The fourth-order valence-electron chi connectivity index (χ4n) is 3.07. The molecular weight excluding hydrogens is 422 g/mol. The highest BCUT2D eigenvalue weighted by Gasteiger charge is 2.16. The molecule has 3 heterocycles. The zero-order valence-electron chi connectivity index (χ0n) is 16.1. The average Bonchev–Trinajstić information content (AvgIpc) is 3.44. The zero-order chi connectivity index (χ0) is 21.4. The molecule has 11 heteroatoms. The average molecular weight is 436 g/mol. The second kappa shape index (κ2) is 7.65. The maximum absolute atomic E-state index is 12.9. The Kier molecular flexibility index (Phi) is 4.68. The third-order valence-electron chi connectivity index (χ3n) is 4.63. The summed E-state index contributed by atoms with van der Waals surface area (Å²) in [4.78, 5) is 21.6. The normalized spacial score (nSPS) is 11.2. The largest absolute Gasteiger partial charge is 0.497 e. The predicted molar refractivity (Wildman–Crippen MR) is 111 cm³/mol. The summed E-state index contributed by atoms with van der Waals surface area (Å²) in [6.07, 6.45) is 1.40. The smallest absolute Gasteiger partial charge is 0.284 e. The van der Waals surface area contributed by atoms with Crippen molar-refractivity contribution >= 4 is 22.8 Å². The zero-order valence-corrected chi connectivity index (χ0v) is 16.9. The molecule has 0 bridgehead atoms. The van der Waals surface area contributed by atoms with Crippen molar-refractivity contribution in [1.82, 2.24) is 34.7 Å². The Balaban J connectivity index is 1.46. The van der Waals surface area contributed by atoms with E-state index in [0.717, 1.165) is 0 Å². The Morgan fingerprint density at radius 3 is 2.71 bits per heavy atom. The van der Waals surface area contributed by atoms with Crippen molar-refractivity contribution in [3.8, 4) is 22.8 Å². The Labute approximate surface area is 179 Å². The number of fused-ring (bicyclic) bond motifs is 1. The lowest BCUT2D eigenvalue weighted by molar-refractivity contribution is 0.369. The van der Waals surface area contributed by atoms with E-state index >= 15 is 0 Å². The molecule has 0 amide bonds. The second-order valence-electron chi connectivity index (χ2n) is 6.54. The summed E-state index contributed by atoms with van der Waals surface area (Å²) in [6, 6.07) is 14.3. The van der Waals surface area contributed by atoms with E-state index < -0.39 is 0 Å².